The van der Waals surface area contributed by atoms with Gasteiger partial charge in [0.15, 0.2) is 6.10 Å². The van der Waals surface area contributed by atoms with Crippen molar-refractivity contribution in [2.24, 2.45) is 0 Å². The van der Waals surface area contributed by atoms with Crippen molar-refractivity contribution >= 4 is 19.8 Å². The molecule has 0 aliphatic carbocycles. The highest BCUT2D eigenvalue weighted by Crippen LogP contribution is 2.43. The number of ether oxygens (including phenoxy) is 2. The van der Waals surface area contributed by atoms with Crippen LogP contribution in [0.25, 0.3) is 0 Å². The molecule has 2 unspecified atom stereocenters. The first kappa shape index (κ1) is 58.8. The second-order valence-corrected chi connectivity index (χ2v) is 20.0. The summed E-state index contributed by atoms with van der Waals surface area (Å²) in [4.78, 5) is 35.4. The first-order valence-electron chi connectivity index (χ1n) is 25.4. The van der Waals surface area contributed by atoms with Crippen LogP contribution in [0, 0.1) is 0 Å². The average molecular weight is 873 g/mol. The van der Waals surface area contributed by atoms with Gasteiger partial charge < -0.3 is 18.9 Å². The van der Waals surface area contributed by atoms with E-state index in [0.717, 1.165) is 57.8 Å². The summed E-state index contributed by atoms with van der Waals surface area (Å²) in [6.45, 7) is 4.39. The quantitative estimate of drug-likeness (QED) is 0.0212. The van der Waals surface area contributed by atoms with Gasteiger partial charge in [-0.05, 0) is 32.1 Å². The smallest absolute Gasteiger partial charge is 0.462 e. The summed E-state index contributed by atoms with van der Waals surface area (Å²) >= 11 is 0. The summed E-state index contributed by atoms with van der Waals surface area (Å²) in [5.74, 6) is -0.799. The predicted octanol–water partition coefficient (Wildman–Crippen LogP) is 14.9. The van der Waals surface area contributed by atoms with Crippen molar-refractivity contribution in [3.63, 3.8) is 0 Å². The lowest BCUT2D eigenvalue weighted by Crippen LogP contribution is -2.37. The zero-order valence-corrected chi connectivity index (χ0v) is 41.1. The third-order valence-corrected chi connectivity index (χ3v) is 12.3. The molecule has 2 atom stereocenters. The van der Waals surface area contributed by atoms with E-state index >= 15 is 0 Å². The molecule has 0 saturated carbocycles. The number of rotatable bonds is 47. The van der Waals surface area contributed by atoms with Gasteiger partial charge in [-0.15, -0.1) is 0 Å². The zero-order valence-electron chi connectivity index (χ0n) is 40.2. The highest BCUT2D eigenvalue weighted by molar-refractivity contribution is 7.47. The fraction of sp³-hybridized carbons (Fsp3) is 0.920. The van der Waals surface area contributed by atoms with Crippen LogP contribution in [-0.2, 0) is 32.7 Å². The Morgan fingerprint density at radius 2 is 0.883 bits per heavy atom. The van der Waals surface area contributed by atoms with Crippen LogP contribution in [0.4, 0.5) is 0 Å². The third-order valence-electron chi connectivity index (χ3n) is 11.3. The van der Waals surface area contributed by atoms with Crippen molar-refractivity contribution in [1.82, 2.24) is 0 Å². The third kappa shape index (κ3) is 46.3. The van der Waals surface area contributed by atoms with Crippen molar-refractivity contribution in [2.75, 3.05) is 47.5 Å². The van der Waals surface area contributed by atoms with Gasteiger partial charge in [-0.3, -0.25) is 18.6 Å². The van der Waals surface area contributed by atoms with Gasteiger partial charge in [0.1, 0.15) is 19.8 Å². The Morgan fingerprint density at radius 1 is 0.500 bits per heavy atom. The number of phosphoric ester groups is 1. The summed E-state index contributed by atoms with van der Waals surface area (Å²) < 4.78 is 34.3. The summed E-state index contributed by atoms with van der Waals surface area (Å²) in [6, 6.07) is 0. The SMILES string of the molecule is CCC/C=C\CCCCCCCC(=O)OC(COC(=O)CCCCCCCCCCCCCCCCCCCCCCCCCCCC)COP(=O)(O)OCC[N+](C)(C)C. The number of unbranched alkanes of at least 4 members (excludes halogenated alkanes) is 31. The number of allylic oxidation sites excluding steroid dienone is 2. The normalized spacial score (nSPS) is 13.5. The Kier molecular flexibility index (Phi) is 42.1. The van der Waals surface area contributed by atoms with Gasteiger partial charge >= 0.3 is 19.8 Å². The molecule has 0 aliphatic rings. The standard InChI is InChI=1S/C50H98NO8P/c1-6-8-10-12-14-16-18-19-20-21-22-23-24-25-26-27-28-29-30-31-32-33-35-36-38-40-42-49(52)56-46-48(47-58-60(54,55)57-45-44-51(3,4)5)59-50(53)43-41-39-37-34-17-15-13-11-9-7-2/h11,13,48H,6-10,12,14-47H2,1-5H3/p+1/b13-11-. The van der Waals surface area contributed by atoms with Crippen LogP contribution in [-0.4, -0.2) is 74.9 Å². The minimum atomic E-state index is -4.37. The average Bonchev–Trinajstić information content (AvgIpc) is 3.20. The monoisotopic (exact) mass is 873 g/mol. The fourth-order valence-electron chi connectivity index (χ4n) is 7.31. The van der Waals surface area contributed by atoms with Crippen LogP contribution in [0.2, 0.25) is 0 Å². The number of carbonyl (C=O) groups is 2. The molecule has 0 bridgehead atoms. The van der Waals surface area contributed by atoms with E-state index in [1.807, 2.05) is 21.1 Å². The highest BCUT2D eigenvalue weighted by Gasteiger charge is 2.27. The molecule has 60 heavy (non-hydrogen) atoms. The molecule has 1 N–H and O–H groups in total. The molecule has 9 nitrogen and oxygen atoms in total. The Morgan fingerprint density at radius 3 is 1.30 bits per heavy atom. The summed E-state index contributed by atoms with van der Waals surface area (Å²) in [5.41, 5.74) is 0. The lowest BCUT2D eigenvalue weighted by molar-refractivity contribution is -0.870. The maximum absolute atomic E-state index is 12.6. The van der Waals surface area contributed by atoms with E-state index in [4.69, 9.17) is 18.5 Å². The van der Waals surface area contributed by atoms with Crippen molar-refractivity contribution < 1.29 is 42.1 Å². The predicted molar refractivity (Wildman–Crippen MR) is 252 cm³/mol. The lowest BCUT2D eigenvalue weighted by atomic mass is 10.0. The highest BCUT2D eigenvalue weighted by atomic mass is 31.2. The molecular formula is C50H99NO8P+. The van der Waals surface area contributed by atoms with E-state index in [1.165, 1.54) is 154 Å². The number of carbonyl (C=O) groups excluding carboxylic acids is 2. The molecular weight excluding hydrogens is 774 g/mol. The molecule has 0 radical (unpaired) electrons. The number of quaternary nitrogens is 1. The molecule has 0 aromatic carbocycles. The molecule has 0 amide bonds. The second kappa shape index (κ2) is 43.0. The van der Waals surface area contributed by atoms with E-state index in [0.29, 0.717) is 23.9 Å². The maximum Gasteiger partial charge on any atom is 0.472 e. The Bertz CT molecular complexity index is 1030. The van der Waals surface area contributed by atoms with Gasteiger partial charge in [-0.2, -0.15) is 0 Å². The summed E-state index contributed by atoms with van der Waals surface area (Å²) in [5, 5.41) is 0. The van der Waals surface area contributed by atoms with Gasteiger partial charge in [0.2, 0.25) is 0 Å². The molecule has 0 aromatic rings. The van der Waals surface area contributed by atoms with Crippen LogP contribution in [0.5, 0.6) is 0 Å². The van der Waals surface area contributed by atoms with E-state index in [2.05, 4.69) is 26.0 Å². The molecule has 0 rings (SSSR count). The largest absolute Gasteiger partial charge is 0.472 e. The van der Waals surface area contributed by atoms with Crippen LogP contribution in [0.3, 0.4) is 0 Å². The van der Waals surface area contributed by atoms with Gasteiger partial charge in [0.25, 0.3) is 0 Å². The fourth-order valence-corrected chi connectivity index (χ4v) is 8.05. The second-order valence-electron chi connectivity index (χ2n) is 18.6. The van der Waals surface area contributed by atoms with E-state index < -0.39 is 26.5 Å². The maximum atomic E-state index is 12.6. The van der Waals surface area contributed by atoms with Crippen molar-refractivity contribution in [1.29, 1.82) is 0 Å². The first-order chi connectivity index (χ1) is 29.0. The Hall–Kier alpha value is -1.25. The van der Waals surface area contributed by atoms with Gasteiger partial charge in [0.05, 0.1) is 27.7 Å². The van der Waals surface area contributed by atoms with Gasteiger partial charge in [0, 0.05) is 12.8 Å². The molecule has 10 heteroatoms. The molecule has 0 aromatic heterocycles. The number of phosphoric acid groups is 1. The number of likely N-dealkylation sites (N-methyl/N-ethyl adjacent to an activating group) is 1. The molecule has 0 saturated heterocycles. The molecule has 0 fully saturated rings. The minimum absolute atomic E-state index is 0.0331. The van der Waals surface area contributed by atoms with E-state index in [1.54, 1.807) is 0 Å². The number of nitrogens with zero attached hydrogens (tertiary/aromatic N) is 1. The number of esters is 2. The molecule has 0 heterocycles. The van der Waals surface area contributed by atoms with Gasteiger partial charge in [-0.25, -0.2) is 4.57 Å². The summed E-state index contributed by atoms with van der Waals surface area (Å²) in [6.07, 6.45) is 47.2. The van der Waals surface area contributed by atoms with Crippen LogP contribution < -0.4 is 0 Å². The van der Waals surface area contributed by atoms with E-state index in [-0.39, 0.29) is 25.6 Å². The molecule has 356 valence electrons. The Labute approximate surface area is 371 Å². The van der Waals surface area contributed by atoms with Gasteiger partial charge in [-0.1, -0.05) is 212 Å². The minimum Gasteiger partial charge on any atom is -0.462 e. The van der Waals surface area contributed by atoms with Crippen molar-refractivity contribution in [2.45, 2.75) is 251 Å². The molecule has 0 aliphatic heterocycles. The number of hydrogen-bond donors (Lipinski definition) is 1. The number of hydrogen-bond acceptors (Lipinski definition) is 7. The lowest BCUT2D eigenvalue weighted by Gasteiger charge is -2.24. The van der Waals surface area contributed by atoms with Crippen molar-refractivity contribution in [3.05, 3.63) is 12.2 Å². The van der Waals surface area contributed by atoms with Crippen molar-refractivity contribution in [3.8, 4) is 0 Å². The Balaban J connectivity index is 4.03. The topological polar surface area (TPSA) is 108 Å². The van der Waals surface area contributed by atoms with E-state index in [9.17, 15) is 19.0 Å². The van der Waals surface area contributed by atoms with Crippen LogP contribution in [0.1, 0.15) is 245 Å². The van der Waals surface area contributed by atoms with Crippen LogP contribution in [0.15, 0.2) is 12.2 Å². The summed E-state index contributed by atoms with van der Waals surface area (Å²) in [7, 11) is 1.48. The molecule has 0 spiro atoms. The van der Waals surface area contributed by atoms with Crippen LogP contribution >= 0.6 is 7.82 Å². The zero-order chi connectivity index (χ0) is 44.3. The first-order valence-corrected chi connectivity index (χ1v) is 26.9.